The minimum atomic E-state index is -4.45. The molecule has 3 heterocycles. The number of hydrogen-bond acceptors (Lipinski definition) is 9. The van der Waals surface area contributed by atoms with E-state index in [-0.39, 0.29) is 28.3 Å². The minimum absolute atomic E-state index is 0.0368. The predicted molar refractivity (Wildman–Crippen MR) is 124 cm³/mol. The normalized spacial score (nSPS) is 16.5. The summed E-state index contributed by atoms with van der Waals surface area (Å²) in [6.45, 7) is 5.52. The molecule has 1 fully saturated rings. The van der Waals surface area contributed by atoms with Crippen LogP contribution in [0.15, 0.2) is 28.0 Å². The van der Waals surface area contributed by atoms with E-state index in [0.29, 0.717) is 23.1 Å². The number of nitrogens with zero attached hydrogens (tertiary/aromatic N) is 5. The van der Waals surface area contributed by atoms with Gasteiger partial charge in [0.2, 0.25) is 0 Å². The van der Waals surface area contributed by atoms with E-state index in [2.05, 4.69) is 9.97 Å². The topological polar surface area (TPSA) is 133 Å². The molecule has 2 aromatic heterocycles. The van der Waals surface area contributed by atoms with Gasteiger partial charge in [-0.2, -0.15) is 0 Å². The van der Waals surface area contributed by atoms with Crippen molar-refractivity contribution < 1.29 is 27.9 Å². The summed E-state index contributed by atoms with van der Waals surface area (Å²) in [6.07, 6.45) is -0.432. The number of pyridine rings is 1. The van der Waals surface area contributed by atoms with Gasteiger partial charge in [0, 0.05) is 37.8 Å². The Morgan fingerprint density at radius 3 is 2.55 bits per heavy atom. The Hall–Kier alpha value is -2.64. The molecule has 1 atom stereocenters. The largest absolute Gasteiger partial charge is 0.465 e. The van der Waals surface area contributed by atoms with Crippen LogP contribution < -0.4 is 9.21 Å². The summed E-state index contributed by atoms with van der Waals surface area (Å²) in [5.74, 6) is 0.191. The third kappa shape index (κ3) is 5.47. The fraction of sp³-hybridized carbons (Fsp3) is 0.474. The molecule has 0 aliphatic carbocycles. The van der Waals surface area contributed by atoms with Crippen LogP contribution in [0.2, 0.25) is 5.02 Å². The third-order valence-electron chi connectivity index (χ3n) is 4.84. The number of carbonyl (C=O) groups is 2. The van der Waals surface area contributed by atoms with Gasteiger partial charge in [-0.3, -0.25) is 0 Å². The lowest BCUT2D eigenvalue weighted by Gasteiger charge is -2.27. The second-order valence-corrected chi connectivity index (χ2v) is 11.3. The second kappa shape index (κ2) is 9.31. The third-order valence-corrected chi connectivity index (χ3v) is 7.33. The summed E-state index contributed by atoms with van der Waals surface area (Å²) in [5, 5.41) is 10.6. The zero-order chi connectivity index (χ0) is 24.6. The van der Waals surface area contributed by atoms with Gasteiger partial charge in [-0.25, -0.2) is 28.0 Å². The van der Waals surface area contributed by atoms with Crippen molar-refractivity contribution in [1.29, 1.82) is 0 Å². The van der Waals surface area contributed by atoms with Crippen molar-refractivity contribution in [1.82, 2.24) is 14.9 Å². The number of carboxylic acid groups (broad SMARTS) is 1. The van der Waals surface area contributed by atoms with Crippen molar-refractivity contribution >= 4 is 56.8 Å². The van der Waals surface area contributed by atoms with Gasteiger partial charge in [-0.15, -0.1) is 15.6 Å². The first-order valence-corrected chi connectivity index (χ1v) is 12.6. The molecule has 1 aliphatic heterocycles. The SMILES string of the molecule is CN(c1ncc(S(=O)(=O)N(C(=O)OC(C)(C)C)c2cscn2)cc1Cl)[C@H]1CCN(C(=O)O)C1. The number of sulfonamides is 1. The zero-order valence-electron chi connectivity index (χ0n) is 18.4. The van der Waals surface area contributed by atoms with E-state index in [0.717, 1.165) is 17.5 Å². The molecule has 2 amide bonds. The smallest absolute Gasteiger partial charge is 0.430 e. The van der Waals surface area contributed by atoms with Gasteiger partial charge >= 0.3 is 12.2 Å². The van der Waals surface area contributed by atoms with Gasteiger partial charge in [0.15, 0.2) is 5.82 Å². The van der Waals surface area contributed by atoms with Crippen molar-refractivity contribution in [3.8, 4) is 0 Å². The van der Waals surface area contributed by atoms with Crippen LogP contribution in [0.25, 0.3) is 0 Å². The van der Waals surface area contributed by atoms with Gasteiger partial charge in [0.1, 0.15) is 16.3 Å². The summed E-state index contributed by atoms with van der Waals surface area (Å²) < 4.78 is 32.5. The van der Waals surface area contributed by atoms with Crippen molar-refractivity contribution in [2.45, 2.75) is 43.7 Å². The molecule has 1 N–H and O–H groups in total. The summed E-state index contributed by atoms with van der Waals surface area (Å²) in [4.78, 5) is 34.8. The molecule has 0 radical (unpaired) electrons. The maximum absolute atomic E-state index is 13.4. The van der Waals surface area contributed by atoms with Gasteiger partial charge in [0.25, 0.3) is 10.0 Å². The molecule has 0 bridgehead atoms. The molecule has 2 aromatic rings. The summed E-state index contributed by atoms with van der Waals surface area (Å²) in [7, 11) is -2.74. The van der Waals surface area contributed by atoms with Crippen molar-refractivity contribution in [2.24, 2.45) is 0 Å². The second-order valence-electron chi connectivity index (χ2n) is 8.35. The molecular formula is C19H24ClN5O6S2. The van der Waals surface area contributed by atoms with Gasteiger partial charge in [0.05, 0.1) is 10.5 Å². The first-order chi connectivity index (χ1) is 15.3. The van der Waals surface area contributed by atoms with Gasteiger partial charge in [-0.1, -0.05) is 11.6 Å². The maximum Gasteiger partial charge on any atom is 0.430 e. The number of likely N-dealkylation sites (tertiary alicyclic amines) is 1. The summed E-state index contributed by atoms with van der Waals surface area (Å²) in [5.41, 5.74) is 0.460. The number of aromatic nitrogens is 2. The standard InChI is InChI=1S/C19H24ClN5O6S2/c1-19(2,3)31-18(28)25(15-10-32-11-22-15)33(29,30)13-7-14(20)16(21-8-13)23(4)12-5-6-24(9-12)17(26)27/h7-8,10-12H,5-6,9H2,1-4H3,(H,26,27)/t12-/m0/s1. The minimum Gasteiger partial charge on any atom is -0.465 e. The Morgan fingerprint density at radius 1 is 1.33 bits per heavy atom. The fourth-order valence-corrected chi connectivity index (χ4v) is 5.44. The zero-order valence-corrected chi connectivity index (χ0v) is 20.8. The predicted octanol–water partition coefficient (Wildman–Crippen LogP) is 3.51. The first kappa shape index (κ1) is 25.0. The number of amides is 2. The Bertz CT molecular complexity index is 1140. The Balaban J connectivity index is 1.92. The number of likely N-dealkylation sites (N-methyl/N-ethyl adjacent to an activating group) is 1. The maximum atomic E-state index is 13.4. The number of rotatable bonds is 5. The average molecular weight is 518 g/mol. The Kier molecular flexibility index (Phi) is 7.05. The molecule has 3 rings (SSSR count). The summed E-state index contributed by atoms with van der Waals surface area (Å²) in [6, 6.07) is 1.03. The number of carbonyl (C=O) groups excluding carboxylic acids is 1. The molecule has 0 aromatic carbocycles. The highest BCUT2D eigenvalue weighted by atomic mass is 35.5. The molecule has 180 valence electrons. The van der Waals surface area contributed by atoms with Crippen molar-refractivity contribution in [3.05, 3.63) is 28.2 Å². The quantitative estimate of drug-likeness (QED) is 0.632. The lowest BCUT2D eigenvalue weighted by molar-refractivity contribution is 0.0608. The molecule has 0 unspecified atom stereocenters. The van der Waals surface area contributed by atoms with E-state index in [9.17, 15) is 18.0 Å². The number of ether oxygens (including phenoxy) is 1. The molecule has 33 heavy (non-hydrogen) atoms. The van der Waals surface area contributed by atoms with Crippen LogP contribution in [-0.2, 0) is 14.8 Å². The molecular weight excluding hydrogens is 494 g/mol. The van der Waals surface area contributed by atoms with Crippen LogP contribution >= 0.6 is 22.9 Å². The van der Waals surface area contributed by atoms with E-state index in [1.165, 1.54) is 21.9 Å². The molecule has 0 spiro atoms. The number of hydrogen-bond donors (Lipinski definition) is 1. The first-order valence-electron chi connectivity index (χ1n) is 9.84. The lowest BCUT2D eigenvalue weighted by Crippen LogP contribution is -2.41. The Morgan fingerprint density at radius 2 is 2.03 bits per heavy atom. The molecule has 11 nitrogen and oxygen atoms in total. The van der Waals surface area contributed by atoms with Gasteiger partial charge < -0.3 is 19.6 Å². The molecule has 14 heteroatoms. The van der Waals surface area contributed by atoms with Crippen molar-refractivity contribution in [3.63, 3.8) is 0 Å². The van der Waals surface area contributed by atoms with E-state index in [1.807, 2.05) is 0 Å². The van der Waals surface area contributed by atoms with E-state index >= 15 is 0 Å². The highest BCUT2D eigenvalue weighted by molar-refractivity contribution is 7.93. The molecule has 1 aliphatic rings. The van der Waals surface area contributed by atoms with Crippen LogP contribution in [0.3, 0.4) is 0 Å². The van der Waals surface area contributed by atoms with Crippen LogP contribution in [-0.4, -0.2) is 72.4 Å². The van der Waals surface area contributed by atoms with Crippen LogP contribution in [0.5, 0.6) is 0 Å². The van der Waals surface area contributed by atoms with Crippen LogP contribution in [0, 0.1) is 0 Å². The highest BCUT2D eigenvalue weighted by Gasteiger charge is 2.37. The van der Waals surface area contributed by atoms with E-state index in [4.69, 9.17) is 21.4 Å². The van der Waals surface area contributed by atoms with Crippen molar-refractivity contribution in [2.75, 3.05) is 29.3 Å². The number of thiazole rings is 1. The lowest BCUT2D eigenvalue weighted by atomic mass is 10.2. The monoisotopic (exact) mass is 517 g/mol. The fourth-order valence-electron chi connectivity index (χ4n) is 3.25. The highest BCUT2D eigenvalue weighted by Crippen LogP contribution is 2.31. The molecule has 1 saturated heterocycles. The number of halogens is 1. The average Bonchev–Trinajstić information content (AvgIpc) is 3.38. The van der Waals surface area contributed by atoms with Gasteiger partial charge in [-0.05, 0) is 33.3 Å². The van der Waals surface area contributed by atoms with E-state index < -0.39 is 27.8 Å². The van der Waals surface area contributed by atoms with E-state index in [1.54, 1.807) is 32.7 Å². The Labute approximate surface area is 200 Å². The van der Waals surface area contributed by atoms with Crippen LogP contribution in [0.1, 0.15) is 27.2 Å². The van der Waals surface area contributed by atoms with Crippen LogP contribution in [0.4, 0.5) is 21.2 Å². The molecule has 0 saturated carbocycles. The number of anilines is 2. The summed E-state index contributed by atoms with van der Waals surface area (Å²) >= 11 is 7.50.